The van der Waals surface area contributed by atoms with Crippen LogP contribution in [0, 0.1) is 11.3 Å². The number of amides is 1. The van der Waals surface area contributed by atoms with Gasteiger partial charge >= 0.3 is 0 Å². The molecule has 7 nitrogen and oxygen atoms in total. The van der Waals surface area contributed by atoms with Crippen molar-refractivity contribution in [2.24, 2.45) is 0 Å². The van der Waals surface area contributed by atoms with E-state index in [0.29, 0.717) is 12.1 Å². The highest BCUT2D eigenvalue weighted by Gasteiger charge is 2.19. The summed E-state index contributed by atoms with van der Waals surface area (Å²) in [5.74, 6) is -0.174. The molecule has 158 valence electrons. The summed E-state index contributed by atoms with van der Waals surface area (Å²) in [7, 11) is -1.94. The summed E-state index contributed by atoms with van der Waals surface area (Å²) in [6, 6.07) is 15.9. The highest BCUT2D eigenvalue weighted by Crippen LogP contribution is 2.25. The molecule has 1 saturated heterocycles. The van der Waals surface area contributed by atoms with E-state index in [1.54, 1.807) is 11.9 Å². The number of anilines is 1. The van der Waals surface area contributed by atoms with Crippen molar-refractivity contribution in [3.63, 3.8) is 0 Å². The van der Waals surface area contributed by atoms with E-state index in [2.05, 4.69) is 15.7 Å². The third kappa shape index (κ3) is 5.17. The van der Waals surface area contributed by atoms with Gasteiger partial charge in [0.15, 0.2) is 0 Å². The van der Waals surface area contributed by atoms with Gasteiger partial charge in [0.25, 0.3) is 5.91 Å². The number of nitrogens with one attached hydrogen (secondary N) is 1. The van der Waals surface area contributed by atoms with Gasteiger partial charge in [-0.1, -0.05) is 18.2 Å². The number of nitrogens with zero attached hydrogens (tertiary/aromatic N) is 3. The van der Waals surface area contributed by atoms with Crippen molar-refractivity contribution in [3.8, 4) is 6.07 Å². The Bertz CT molecular complexity index is 1020. The van der Waals surface area contributed by atoms with Crippen LogP contribution in [0.25, 0.3) is 0 Å². The van der Waals surface area contributed by atoms with Crippen molar-refractivity contribution in [1.82, 2.24) is 9.62 Å². The lowest BCUT2D eigenvalue weighted by molar-refractivity contribution is 0.0785. The smallest absolute Gasteiger partial charge is 0.253 e. The first-order chi connectivity index (χ1) is 14.4. The molecule has 0 saturated carbocycles. The molecule has 0 aromatic heterocycles. The number of carbonyl (C=O) groups is 1. The molecule has 0 radical (unpaired) electrons. The van der Waals surface area contributed by atoms with Crippen LogP contribution in [0.3, 0.4) is 0 Å². The van der Waals surface area contributed by atoms with Crippen LogP contribution in [-0.4, -0.2) is 45.9 Å². The lowest BCUT2D eigenvalue weighted by atomic mass is 10.1. The molecule has 2 aromatic rings. The van der Waals surface area contributed by atoms with Gasteiger partial charge in [0.1, 0.15) is 0 Å². The predicted molar refractivity (Wildman–Crippen MR) is 116 cm³/mol. The number of para-hydroxylation sites is 1. The molecule has 30 heavy (non-hydrogen) atoms. The average molecular weight is 427 g/mol. The van der Waals surface area contributed by atoms with Crippen LogP contribution < -0.4 is 9.62 Å². The van der Waals surface area contributed by atoms with Gasteiger partial charge in [-0.05, 0) is 48.7 Å². The molecule has 1 aliphatic rings. The summed E-state index contributed by atoms with van der Waals surface area (Å²) in [5.41, 5.74) is 2.68. The van der Waals surface area contributed by atoms with E-state index in [1.165, 1.54) is 42.8 Å². The van der Waals surface area contributed by atoms with Gasteiger partial charge in [0.2, 0.25) is 10.0 Å². The molecule has 3 rings (SSSR count). The fourth-order valence-electron chi connectivity index (χ4n) is 3.56. The Morgan fingerprint density at radius 1 is 1.13 bits per heavy atom. The molecule has 1 amide bonds. The minimum absolute atomic E-state index is 0.0542. The van der Waals surface area contributed by atoms with Crippen molar-refractivity contribution in [2.45, 2.75) is 30.7 Å². The molecule has 0 atom stereocenters. The van der Waals surface area contributed by atoms with E-state index in [-0.39, 0.29) is 23.8 Å². The minimum Gasteiger partial charge on any atom is -0.371 e. The van der Waals surface area contributed by atoms with Crippen LogP contribution in [0.5, 0.6) is 0 Å². The van der Waals surface area contributed by atoms with Crippen molar-refractivity contribution < 1.29 is 13.2 Å². The van der Waals surface area contributed by atoms with Crippen molar-refractivity contribution >= 4 is 21.6 Å². The summed E-state index contributed by atoms with van der Waals surface area (Å²) in [5, 5.41) is 8.54. The maximum atomic E-state index is 12.9. The van der Waals surface area contributed by atoms with E-state index in [4.69, 9.17) is 5.26 Å². The third-order valence-corrected chi connectivity index (χ3v) is 6.61. The number of nitriles is 1. The maximum Gasteiger partial charge on any atom is 0.253 e. The van der Waals surface area contributed by atoms with Crippen molar-refractivity contribution in [3.05, 3.63) is 59.7 Å². The van der Waals surface area contributed by atoms with Crippen molar-refractivity contribution in [1.29, 1.82) is 5.26 Å². The molecule has 1 N–H and O–H groups in total. The largest absolute Gasteiger partial charge is 0.371 e. The molecule has 2 aromatic carbocycles. The van der Waals surface area contributed by atoms with Crippen molar-refractivity contribution in [2.75, 3.05) is 31.6 Å². The standard InChI is InChI=1S/C22H26N4O3S/c1-25(17-19-7-2-3-8-21(19)26-15-4-5-16-26)22(27)18-9-11-20(12-10-18)30(28,29)24-14-6-13-23/h2-3,7-12,24H,4-6,14-17H2,1H3. The first kappa shape index (κ1) is 21.8. The Labute approximate surface area is 178 Å². The van der Waals surface area contributed by atoms with Crippen LogP contribution >= 0.6 is 0 Å². The molecule has 8 heteroatoms. The van der Waals surface area contributed by atoms with Crippen LogP contribution in [0.4, 0.5) is 5.69 Å². The third-order valence-electron chi connectivity index (χ3n) is 5.13. The van der Waals surface area contributed by atoms with E-state index >= 15 is 0 Å². The lowest BCUT2D eigenvalue weighted by Crippen LogP contribution is -2.28. The summed E-state index contributed by atoms with van der Waals surface area (Å²) in [6.07, 6.45) is 2.47. The molecule has 0 bridgehead atoms. The number of rotatable bonds is 8. The quantitative estimate of drug-likeness (QED) is 0.655. The van der Waals surface area contributed by atoms with Gasteiger partial charge in [-0.15, -0.1) is 0 Å². The number of sulfonamides is 1. The Kier molecular flexibility index (Phi) is 7.08. The number of carbonyl (C=O) groups excluding carboxylic acids is 1. The first-order valence-electron chi connectivity index (χ1n) is 9.97. The first-order valence-corrected chi connectivity index (χ1v) is 11.5. The second kappa shape index (κ2) is 9.74. The molecule has 1 heterocycles. The van der Waals surface area contributed by atoms with Gasteiger partial charge in [0, 0.05) is 50.9 Å². The second-order valence-electron chi connectivity index (χ2n) is 7.31. The Morgan fingerprint density at radius 3 is 2.47 bits per heavy atom. The predicted octanol–water partition coefficient (Wildman–Crippen LogP) is 2.75. The fraction of sp³-hybridized carbons (Fsp3) is 0.364. The average Bonchev–Trinajstić information content (AvgIpc) is 3.28. The van der Waals surface area contributed by atoms with E-state index in [1.807, 2.05) is 24.3 Å². The summed E-state index contributed by atoms with van der Waals surface area (Å²) in [4.78, 5) is 16.9. The van der Waals surface area contributed by atoms with Crippen LogP contribution in [-0.2, 0) is 16.6 Å². The fourth-order valence-corrected chi connectivity index (χ4v) is 4.59. The zero-order valence-electron chi connectivity index (χ0n) is 17.0. The Morgan fingerprint density at radius 2 is 1.80 bits per heavy atom. The normalized spacial score (nSPS) is 13.8. The zero-order chi connectivity index (χ0) is 21.6. The Balaban J connectivity index is 1.69. The van der Waals surface area contributed by atoms with E-state index in [9.17, 15) is 13.2 Å². The highest BCUT2D eigenvalue weighted by atomic mass is 32.2. The maximum absolute atomic E-state index is 12.9. The van der Waals surface area contributed by atoms with E-state index in [0.717, 1.165) is 18.7 Å². The van der Waals surface area contributed by atoms with Crippen LogP contribution in [0.15, 0.2) is 53.4 Å². The molecule has 0 unspecified atom stereocenters. The number of hydrogen-bond donors (Lipinski definition) is 1. The lowest BCUT2D eigenvalue weighted by Gasteiger charge is -2.24. The van der Waals surface area contributed by atoms with Gasteiger partial charge in [-0.25, -0.2) is 13.1 Å². The Hall–Kier alpha value is -2.89. The molecular formula is C22H26N4O3S. The molecule has 1 fully saturated rings. The number of hydrogen-bond acceptors (Lipinski definition) is 5. The summed E-state index contributed by atoms with van der Waals surface area (Å²) < 4.78 is 26.8. The van der Waals surface area contributed by atoms with Gasteiger partial charge in [0.05, 0.1) is 11.0 Å². The van der Waals surface area contributed by atoms with Crippen LogP contribution in [0.1, 0.15) is 35.2 Å². The molecule has 0 aliphatic carbocycles. The van der Waals surface area contributed by atoms with Gasteiger partial charge in [-0.3, -0.25) is 4.79 Å². The summed E-state index contributed by atoms with van der Waals surface area (Å²) >= 11 is 0. The topological polar surface area (TPSA) is 93.5 Å². The van der Waals surface area contributed by atoms with Gasteiger partial charge < -0.3 is 9.80 Å². The van der Waals surface area contributed by atoms with Crippen LogP contribution in [0.2, 0.25) is 0 Å². The molecular weight excluding hydrogens is 400 g/mol. The highest BCUT2D eigenvalue weighted by molar-refractivity contribution is 7.89. The van der Waals surface area contributed by atoms with E-state index < -0.39 is 10.0 Å². The summed E-state index contributed by atoms with van der Waals surface area (Å²) in [6.45, 7) is 2.60. The second-order valence-corrected chi connectivity index (χ2v) is 9.08. The molecule has 1 aliphatic heterocycles. The zero-order valence-corrected chi connectivity index (χ0v) is 17.9. The monoisotopic (exact) mass is 426 g/mol. The van der Waals surface area contributed by atoms with Gasteiger partial charge in [-0.2, -0.15) is 5.26 Å². The number of benzene rings is 2. The molecule has 0 spiro atoms. The minimum atomic E-state index is -3.69. The SMILES string of the molecule is CN(Cc1ccccc1N1CCCC1)C(=O)c1ccc(S(=O)(=O)NCCC#N)cc1.